The Morgan fingerprint density at radius 2 is 1.41 bits per heavy atom. The number of ether oxygens (including phenoxy) is 2. The number of hydrogen-bond donors (Lipinski definition) is 2. The average Bonchev–Trinajstić information content (AvgIpc) is 2.84. The number of likely N-dealkylation sites (N-methyl/N-ethyl adjacent to an activating group) is 1. The number of hydrogen-bond acceptors (Lipinski definition) is 6. The number of aliphatic carboxylic acids is 2. The predicted molar refractivity (Wildman–Crippen MR) is 134 cm³/mol. The van der Waals surface area contributed by atoms with E-state index in [2.05, 4.69) is 15.5 Å². The van der Waals surface area contributed by atoms with Crippen LogP contribution in [0.2, 0.25) is 0 Å². The third kappa shape index (κ3) is 12.8. The van der Waals surface area contributed by atoms with Crippen molar-refractivity contribution in [2.45, 2.75) is 51.2 Å². The summed E-state index contributed by atoms with van der Waals surface area (Å²) in [6.07, 6.45) is -8.08. The van der Waals surface area contributed by atoms with Crippen LogP contribution in [0.1, 0.15) is 37.8 Å². The fourth-order valence-electron chi connectivity index (χ4n) is 3.94. The van der Waals surface area contributed by atoms with E-state index in [4.69, 9.17) is 19.8 Å². The van der Waals surface area contributed by atoms with E-state index in [0.717, 1.165) is 0 Å². The van der Waals surface area contributed by atoms with Crippen LogP contribution < -0.4 is 9.47 Å². The molecule has 14 heteroatoms. The molecule has 226 valence electrons. The van der Waals surface area contributed by atoms with E-state index in [1.807, 2.05) is 25.8 Å². The van der Waals surface area contributed by atoms with Gasteiger partial charge in [0.1, 0.15) is 11.5 Å². The third-order valence-corrected chi connectivity index (χ3v) is 5.98. The molecule has 0 aliphatic heterocycles. The van der Waals surface area contributed by atoms with Gasteiger partial charge in [-0.05, 0) is 74.2 Å². The molecule has 0 radical (unpaired) electrons. The fraction of sp³-hybridized carbons (Fsp3) is 0.444. The molecule has 0 bridgehead atoms. The topological polar surface area (TPSA) is 120 Å². The Morgan fingerprint density at radius 1 is 0.902 bits per heavy atom. The Kier molecular flexibility index (Phi) is 12.9. The average molecular weight is 593 g/mol. The number of halogens is 6. The number of nitrogens with zero attached hydrogens (tertiary/aromatic N) is 2. The Balaban J connectivity index is 0.00000126. The maximum absolute atomic E-state index is 12.6. The third-order valence-electron chi connectivity index (χ3n) is 5.98. The summed E-state index contributed by atoms with van der Waals surface area (Å²) >= 11 is 0. The lowest BCUT2D eigenvalue weighted by molar-refractivity contribution is -0.275. The number of carboxylic acids is 2. The minimum atomic E-state index is -4.83. The van der Waals surface area contributed by atoms with Crippen molar-refractivity contribution < 1.29 is 55.6 Å². The molecule has 0 spiro atoms. The van der Waals surface area contributed by atoms with Gasteiger partial charge in [0, 0.05) is 6.54 Å². The normalized spacial score (nSPS) is 13.0. The van der Waals surface area contributed by atoms with E-state index in [1.54, 1.807) is 12.1 Å². The molecule has 8 nitrogen and oxygen atoms in total. The molecule has 0 saturated carbocycles. The molecule has 1 atom stereocenters. The first-order valence-electron chi connectivity index (χ1n) is 12.2. The summed E-state index contributed by atoms with van der Waals surface area (Å²) < 4.78 is 83.1. The molecule has 2 aromatic carbocycles. The minimum Gasteiger partial charge on any atom is -0.473 e. The van der Waals surface area contributed by atoms with E-state index in [9.17, 15) is 31.6 Å². The summed E-state index contributed by atoms with van der Waals surface area (Å²) in [5.41, 5.74) is 0.143. The van der Waals surface area contributed by atoms with Gasteiger partial charge >= 0.3 is 24.7 Å². The molecule has 2 rings (SSSR count). The van der Waals surface area contributed by atoms with Gasteiger partial charge in [0.05, 0.1) is 11.5 Å². The lowest BCUT2D eigenvalue weighted by Crippen LogP contribution is -2.32. The van der Waals surface area contributed by atoms with Crippen LogP contribution in [0.15, 0.2) is 48.5 Å². The smallest absolute Gasteiger partial charge is 0.473 e. The summed E-state index contributed by atoms with van der Waals surface area (Å²) in [6, 6.07) is 13.6. The molecule has 0 heterocycles. The molecule has 2 aromatic rings. The molecular formula is C27H30F6N2O6. The van der Waals surface area contributed by atoms with Crippen molar-refractivity contribution in [3.8, 4) is 17.6 Å². The molecule has 0 amide bonds. The number of benzene rings is 2. The van der Waals surface area contributed by atoms with Crippen LogP contribution in [-0.2, 0) is 21.4 Å². The SMILES string of the molecule is CC(C)C(C#N)(CCCN(C)CCc1cccc(OC(F)(F)F)c1)c1cccc(OC(F)(F)F)c1.O=C(O)C(=O)O. The molecule has 41 heavy (non-hydrogen) atoms. The summed E-state index contributed by atoms with van der Waals surface area (Å²) in [5.74, 6) is -4.46. The van der Waals surface area contributed by atoms with Crippen LogP contribution in [0, 0.1) is 17.2 Å². The molecule has 0 fully saturated rings. The Labute approximate surface area is 232 Å². The van der Waals surface area contributed by atoms with Crippen molar-refractivity contribution in [2.75, 3.05) is 20.1 Å². The van der Waals surface area contributed by atoms with E-state index in [-0.39, 0.29) is 17.4 Å². The fourth-order valence-corrected chi connectivity index (χ4v) is 3.94. The molecule has 1 unspecified atom stereocenters. The van der Waals surface area contributed by atoms with Crippen LogP contribution >= 0.6 is 0 Å². The van der Waals surface area contributed by atoms with Gasteiger partial charge in [0.25, 0.3) is 0 Å². The molecule has 0 saturated heterocycles. The lowest BCUT2D eigenvalue weighted by atomic mass is 9.70. The van der Waals surface area contributed by atoms with Crippen molar-refractivity contribution in [1.29, 1.82) is 5.26 Å². The summed E-state index contributed by atoms with van der Waals surface area (Å²) in [4.78, 5) is 20.2. The monoisotopic (exact) mass is 592 g/mol. The first-order chi connectivity index (χ1) is 18.9. The van der Waals surface area contributed by atoms with E-state index in [1.165, 1.54) is 36.4 Å². The Bertz CT molecular complexity index is 1180. The van der Waals surface area contributed by atoms with Gasteiger partial charge in [-0.15, -0.1) is 26.3 Å². The second kappa shape index (κ2) is 15.1. The maximum Gasteiger partial charge on any atom is 0.573 e. The van der Waals surface area contributed by atoms with E-state index >= 15 is 0 Å². The first kappa shape index (κ1) is 35.0. The zero-order chi connectivity index (χ0) is 31.4. The highest BCUT2D eigenvalue weighted by atomic mass is 19.4. The van der Waals surface area contributed by atoms with Crippen LogP contribution in [-0.4, -0.2) is 59.9 Å². The van der Waals surface area contributed by atoms with Crippen LogP contribution in [0.25, 0.3) is 0 Å². The Morgan fingerprint density at radius 3 is 1.88 bits per heavy atom. The quantitative estimate of drug-likeness (QED) is 0.241. The van der Waals surface area contributed by atoms with Crippen molar-refractivity contribution in [3.05, 3.63) is 59.7 Å². The van der Waals surface area contributed by atoms with Crippen molar-refractivity contribution in [2.24, 2.45) is 5.92 Å². The molecule has 0 aliphatic carbocycles. The van der Waals surface area contributed by atoms with Crippen LogP contribution in [0.3, 0.4) is 0 Å². The largest absolute Gasteiger partial charge is 0.573 e. The maximum atomic E-state index is 12.6. The van der Waals surface area contributed by atoms with Crippen molar-refractivity contribution in [3.63, 3.8) is 0 Å². The zero-order valence-electron chi connectivity index (χ0n) is 22.4. The van der Waals surface area contributed by atoms with E-state index < -0.39 is 30.1 Å². The highest BCUT2D eigenvalue weighted by Gasteiger charge is 2.37. The number of carboxylic acid groups (broad SMARTS) is 2. The number of nitriles is 1. The van der Waals surface area contributed by atoms with Gasteiger partial charge < -0.3 is 24.6 Å². The minimum absolute atomic E-state index is 0.171. The predicted octanol–water partition coefficient (Wildman–Crippen LogP) is 6.01. The zero-order valence-corrected chi connectivity index (χ0v) is 22.4. The van der Waals surface area contributed by atoms with Crippen molar-refractivity contribution >= 4 is 11.9 Å². The second-order valence-electron chi connectivity index (χ2n) is 9.28. The van der Waals surface area contributed by atoms with Gasteiger partial charge in [0.2, 0.25) is 0 Å². The Hall–Kier alpha value is -3.99. The van der Waals surface area contributed by atoms with Crippen LogP contribution in [0.4, 0.5) is 26.3 Å². The second-order valence-corrected chi connectivity index (χ2v) is 9.28. The van der Waals surface area contributed by atoms with Crippen LogP contribution in [0.5, 0.6) is 11.5 Å². The standard InChI is InChI=1S/C25H28F6N2O2.C2H2O4/c1-18(2)23(17-32,20-8-5-10-22(16-20)35-25(29,30)31)12-6-13-33(3)14-11-19-7-4-9-21(15-19)34-24(26,27)28;3-1(4)2(5)6/h4-5,7-10,15-16,18H,6,11-14H2,1-3H3;(H,3,4)(H,5,6). The molecule has 0 aliphatic rings. The van der Waals surface area contributed by atoms with Gasteiger partial charge in [-0.1, -0.05) is 38.1 Å². The molecule has 2 N–H and O–H groups in total. The molecular weight excluding hydrogens is 562 g/mol. The van der Waals surface area contributed by atoms with Gasteiger partial charge in [-0.25, -0.2) is 9.59 Å². The highest BCUT2D eigenvalue weighted by molar-refractivity contribution is 6.27. The van der Waals surface area contributed by atoms with Gasteiger partial charge in [0.15, 0.2) is 0 Å². The summed E-state index contributed by atoms with van der Waals surface area (Å²) in [5, 5.41) is 24.8. The summed E-state index contributed by atoms with van der Waals surface area (Å²) in [6.45, 7) is 4.85. The highest BCUT2D eigenvalue weighted by Crippen LogP contribution is 2.38. The van der Waals surface area contributed by atoms with Gasteiger partial charge in [-0.3, -0.25) is 0 Å². The number of alkyl halides is 6. The lowest BCUT2D eigenvalue weighted by Gasteiger charge is -2.32. The first-order valence-corrected chi connectivity index (χ1v) is 12.2. The van der Waals surface area contributed by atoms with Crippen molar-refractivity contribution in [1.82, 2.24) is 4.90 Å². The molecule has 0 aromatic heterocycles. The van der Waals surface area contributed by atoms with E-state index in [0.29, 0.717) is 43.5 Å². The summed E-state index contributed by atoms with van der Waals surface area (Å²) in [7, 11) is 1.86. The number of carbonyl (C=O) groups is 2. The van der Waals surface area contributed by atoms with Gasteiger partial charge in [-0.2, -0.15) is 5.26 Å². The number of rotatable bonds is 11.